The third-order valence-electron chi connectivity index (χ3n) is 5.16. The van der Waals surface area contributed by atoms with Crippen LogP contribution in [0, 0.1) is 5.82 Å². The normalized spacial score (nSPS) is 14.2. The van der Waals surface area contributed by atoms with Gasteiger partial charge < -0.3 is 15.2 Å². The van der Waals surface area contributed by atoms with Gasteiger partial charge in [-0.1, -0.05) is 28.1 Å². The molecule has 0 radical (unpaired) electrons. The maximum absolute atomic E-state index is 13.1. The van der Waals surface area contributed by atoms with Gasteiger partial charge in [0.05, 0.1) is 10.5 Å². The van der Waals surface area contributed by atoms with Crippen LogP contribution in [0.4, 0.5) is 14.9 Å². The number of carboxylic acid groups (broad SMARTS) is 1. The molecule has 0 aromatic heterocycles. The molecule has 1 aliphatic rings. The maximum Gasteiger partial charge on any atom is 0.335 e. The molecule has 0 bridgehead atoms. The second-order valence-electron chi connectivity index (χ2n) is 7.80. The Morgan fingerprint density at radius 3 is 2.43 bits per heavy atom. The Bertz CT molecular complexity index is 1410. The molecule has 3 aromatic carbocycles. The van der Waals surface area contributed by atoms with Crippen molar-refractivity contribution in [3.8, 4) is 5.75 Å². The van der Waals surface area contributed by atoms with E-state index in [1.54, 1.807) is 30.3 Å². The molecule has 0 saturated carbocycles. The molecule has 3 aromatic rings. The molecule has 1 heterocycles. The van der Waals surface area contributed by atoms with Crippen LogP contribution in [0.15, 0.2) is 76.1 Å². The van der Waals surface area contributed by atoms with Crippen LogP contribution in [0.25, 0.3) is 6.08 Å². The highest BCUT2D eigenvalue weighted by atomic mass is 79.9. The zero-order valence-electron chi connectivity index (χ0n) is 18.9. The summed E-state index contributed by atoms with van der Waals surface area (Å²) in [5.41, 5.74) is 1.77. The van der Waals surface area contributed by atoms with Gasteiger partial charge in [-0.2, -0.15) is 0 Å². The predicted octanol–water partition coefficient (Wildman–Crippen LogP) is 5.54. The van der Waals surface area contributed by atoms with Crippen LogP contribution in [0.2, 0.25) is 0 Å². The number of halogens is 2. The van der Waals surface area contributed by atoms with Crippen molar-refractivity contribution in [1.29, 1.82) is 0 Å². The number of nitrogens with zero attached hydrogens (tertiary/aromatic N) is 1. The van der Waals surface area contributed by atoms with Gasteiger partial charge in [-0.05, 0) is 78.0 Å². The number of anilines is 1. The van der Waals surface area contributed by atoms with E-state index in [0.29, 0.717) is 28.8 Å². The fourth-order valence-corrected chi connectivity index (χ4v) is 4.53. The summed E-state index contributed by atoms with van der Waals surface area (Å²) in [6.07, 6.45) is 1.51. The van der Waals surface area contributed by atoms with E-state index in [4.69, 9.17) is 9.84 Å². The van der Waals surface area contributed by atoms with Crippen LogP contribution in [0.3, 0.4) is 0 Å². The molecule has 2 N–H and O–H groups in total. The first-order valence-corrected chi connectivity index (χ1v) is 12.4. The maximum atomic E-state index is 13.1. The molecular weight excluding hydrogens is 567 g/mol. The Kier molecular flexibility index (Phi) is 8.04. The summed E-state index contributed by atoms with van der Waals surface area (Å²) >= 11 is 4.09. The highest BCUT2D eigenvalue weighted by molar-refractivity contribution is 9.10. The van der Waals surface area contributed by atoms with Crippen molar-refractivity contribution in [3.63, 3.8) is 0 Å². The van der Waals surface area contributed by atoms with Crippen molar-refractivity contribution in [3.05, 3.63) is 98.6 Å². The average molecular weight is 585 g/mol. The zero-order valence-corrected chi connectivity index (χ0v) is 21.3. The van der Waals surface area contributed by atoms with Crippen molar-refractivity contribution in [1.82, 2.24) is 4.90 Å². The van der Waals surface area contributed by atoms with Gasteiger partial charge in [0.2, 0.25) is 5.91 Å². The summed E-state index contributed by atoms with van der Waals surface area (Å²) in [6.45, 7) is -0.346. The fourth-order valence-electron chi connectivity index (χ4n) is 3.32. The molecule has 4 rings (SSSR count). The molecule has 188 valence electrons. The summed E-state index contributed by atoms with van der Waals surface area (Å²) in [4.78, 5) is 49.7. The largest absolute Gasteiger partial charge is 0.488 e. The first kappa shape index (κ1) is 26.1. The molecule has 0 aliphatic carbocycles. The number of amides is 3. The lowest BCUT2D eigenvalue weighted by Gasteiger charge is -2.13. The van der Waals surface area contributed by atoms with Crippen LogP contribution in [0.5, 0.6) is 5.75 Å². The standard InChI is InChI=1S/C26H18BrFN2O6S/c27-18-5-10-21(36-14-15-1-3-16(4-2-15)25(33)34)17(11-18)12-22-24(32)30(26(35)37-22)13-23(31)29-20-8-6-19(28)7-9-20/h1-12H,13-14H2,(H,29,31)(H,33,34)/b22-12-. The quantitative estimate of drug-likeness (QED) is 0.334. The number of rotatable bonds is 8. The molecule has 0 unspecified atom stereocenters. The second kappa shape index (κ2) is 11.4. The number of nitrogens with one attached hydrogen (secondary N) is 1. The molecule has 0 spiro atoms. The van der Waals surface area contributed by atoms with E-state index >= 15 is 0 Å². The summed E-state index contributed by atoms with van der Waals surface area (Å²) in [7, 11) is 0. The van der Waals surface area contributed by atoms with E-state index < -0.39 is 35.4 Å². The topological polar surface area (TPSA) is 113 Å². The lowest BCUT2D eigenvalue weighted by molar-refractivity contribution is -0.127. The van der Waals surface area contributed by atoms with Gasteiger partial charge in [0.25, 0.3) is 11.1 Å². The van der Waals surface area contributed by atoms with Crippen molar-refractivity contribution in [2.45, 2.75) is 6.61 Å². The van der Waals surface area contributed by atoms with E-state index in [-0.39, 0.29) is 17.1 Å². The molecule has 1 fully saturated rings. The van der Waals surface area contributed by atoms with Gasteiger partial charge in [0.1, 0.15) is 24.7 Å². The predicted molar refractivity (Wildman–Crippen MR) is 140 cm³/mol. The third kappa shape index (κ3) is 6.63. The molecular formula is C26H18BrFN2O6S. The number of hydrogen-bond acceptors (Lipinski definition) is 6. The summed E-state index contributed by atoms with van der Waals surface area (Å²) in [6, 6.07) is 16.5. The molecule has 1 aliphatic heterocycles. The number of hydrogen-bond donors (Lipinski definition) is 2. The van der Waals surface area contributed by atoms with Gasteiger partial charge >= 0.3 is 5.97 Å². The van der Waals surface area contributed by atoms with E-state index in [9.17, 15) is 23.6 Å². The number of carbonyl (C=O) groups excluding carboxylic acids is 3. The minimum Gasteiger partial charge on any atom is -0.488 e. The van der Waals surface area contributed by atoms with Crippen LogP contribution in [-0.2, 0) is 16.2 Å². The van der Waals surface area contributed by atoms with Crippen molar-refractivity contribution < 1.29 is 33.4 Å². The minimum atomic E-state index is -1.02. The zero-order chi connectivity index (χ0) is 26.5. The summed E-state index contributed by atoms with van der Waals surface area (Å²) in [5.74, 6) is -2.27. The number of imide groups is 1. The van der Waals surface area contributed by atoms with Gasteiger partial charge in [-0.15, -0.1) is 0 Å². The first-order valence-electron chi connectivity index (χ1n) is 10.7. The number of thioether (sulfide) groups is 1. The van der Waals surface area contributed by atoms with Crippen molar-refractivity contribution in [2.24, 2.45) is 0 Å². The smallest absolute Gasteiger partial charge is 0.335 e. The number of carboxylic acids is 1. The Labute approximate surface area is 223 Å². The second-order valence-corrected chi connectivity index (χ2v) is 9.70. The highest BCUT2D eigenvalue weighted by Crippen LogP contribution is 2.35. The van der Waals surface area contributed by atoms with E-state index in [2.05, 4.69) is 21.2 Å². The Hall–Kier alpha value is -3.96. The van der Waals surface area contributed by atoms with Crippen molar-refractivity contribution in [2.75, 3.05) is 11.9 Å². The van der Waals surface area contributed by atoms with E-state index in [1.807, 2.05) is 0 Å². The van der Waals surface area contributed by atoms with Gasteiger partial charge in [0.15, 0.2) is 0 Å². The van der Waals surface area contributed by atoms with E-state index in [1.165, 1.54) is 42.5 Å². The Balaban J connectivity index is 1.46. The average Bonchev–Trinajstić information content (AvgIpc) is 3.12. The minimum absolute atomic E-state index is 0.119. The first-order chi connectivity index (χ1) is 17.7. The van der Waals surface area contributed by atoms with Crippen LogP contribution in [0.1, 0.15) is 21.5 Å². The van der Waals surface area contributed by atoms with E-state index in [0.717, 1.165) is 14.9 Å². The third-order valence-corrected chi connectivity index (χ3v) is 6.56. The van der Waals surface area contributed by atoms with Crippen LogP contribution < -0.4 is 10.1 Å². The molecule has 37 heavy (non-hydrogen) atoms. The molecule has 8 nitrogen and oxygen atoms in total. The van der Waals surface area contributed by atoms with Gasteiger partial charge in [0, 0.05) is 15.7 Å². The fraction of sp³-hybridized carbons (Fsp3) is 0.0769. The molecule has 11 heteroatoms. The van der Waals surface area contributed by atoms with Crippen LogP contribution >= 0.6 is 27.7 Å². The lowest BCUT2D eigenvalue weighted by Crippen LogP contribution is -2.36. The lowest BCUT2D eigenvalue weighted by atomic mass is 10.1. The van der Waals surface area contributed by atoms with Crippen LogP contribution in [-0.4, -0.2) is 39.6 Å². The molecule has 0 atom stereocenters. The monoisotopic (exact) mass is 584 g/mol. The number of benzene rings is 3. The number of carbonyl (C=O) groups is 4. The molecule has 1 saturated heterocycles. The highest BCUT2D eigenvalue weighted by Gasteiger charge is 2.36. The summed E-state index contributed by atoms with van der Waals surface area (Å²) < 4.78 is 19.7. The Morgan fingerprint density at radius 2 is 1.76 bits per heavy atom. The van der Waals surface area contributed by atoms with Gasteiger partial charge in [-0.25, -0.2) is 9.18 Å². The SMILES string of the molecule is O=C(CN1C(=O)S/C(=C\c2cc(Br)ccc2OCc2ccc(C(=O)O)cc2)C1=O)Nc1ccc(F)cc1. The number of aromatic carboxylic acids is 1. The summed E-state index contributed by atoms with van der Waals surface area (Å²) in [5, 5.41) is 11.0. The Morgan fingerprint density at radius 1 is 1.05 bits per heavy atom. The van der Waals surface area contributed by atoms with Gasteiger partial charge in [-0.3, -0.25) is 19.3 Å². The van der Waals surface area contributed by atoms with Crippen molar-refractivity contribution >= 4 is 62.5 Å². The number of ether oxygens (including phenoxy) is 1. The molecule has 3 amide bonds.